The van der Waals surface area contributed by atoms with Gasteiger partial charge in [0.2, 0.25) is 15.9 Å². The zero-order valence-electron chi connectivity index (χ0n) is 23.4. The number of aliphatic imine (C=N–C) groups is 1. The number of nitrogens with zero attached hydrogens (tertiary/aromatic N) is 4. The number of rotatable bonds is 6. The Hall–Kier alpha value is -5.34. The minimum atomic E-state index is -4.33. The number of allylic oxidation sites excluding steroid dienone is 2. The number of methoxy groups -OCH3 is 1. The molecule has 0 fully saturated rings. The summed E-state index contributed by atoms with van der Waals surface area (Å²) in [7, 11) is -3.09. The second-order valence-corrected chi connectivity index (χ2v) is 11.2. The van der Waals surface area contributed by atoms with Crippen LogP contribution in [0.15, 0.2) is 107 Å². The van der Waals surface area contributed by atoms with E-state index in [-0.39, 0.29) is 24.5 Å². The van der Waals surface area contributed by atoms with Crippen LogP contribution in [0.4, 0.5) is 5.69 Å². The van der Waals surface area contributed by atoms with Gasteiger partial charge in [-0.25, -0.2) is 27.9 Å². The monoisotopic (exact) mass is 617 g/mol. The standard InChI is InChI=1S/C30H27N5O8S/c1-41-30(36)27-16-24-19-34(27)18-23(17-33-44(39,40)28-9-5-4-8-26(28)35(37)38)32-20-42-14-6-2-3-7-21-10-11-22-12-13-31-29(43-24)25(22)15-21/h2-13,15-16,18,20,24,33H,14,17,19H2,1H3/t24-/m0/s1. The number of nitro benzene ring substituents is 1. The molecule has 2 aliphatic rings. The molecule has 4 bridgehead atoms. The van der Waals surface area contributed by atoms with E-state index in [0.29, 0.717) is 5.88 Å². The maximum absolute atomic E-state index is 13.1. The largest absolute Gasteiger partial charge is 0.479 e. The van der Waals surface area contributed by atoms with E-state index in [2.05, 4.69) is 14.7 Å². The summed E-state index contributed by atoms with van der Waals surface area (Å²) in [5.74, 6) is -0.281. The van der Waals surface area contributed by atoms with E-state index in [0.717, 1.165) is 34.9 Å². The van der Waals surface area contributed by atoms with Gasteiger partial charge in [-0.2, -0.15) is 0 Å². The number of pyridine rings is 1. The van der Waals surface area contributed by atoms with Crippen LogP contribution in [-0.2, 0) is 24.3 Å². The molecule has 2 aliphatic heterocycles. The molecule has 0 saturated carbocycles. The van der Waals surface area contributed by atoms with Gasteiger partial charge in [0, 0.05) is 23.8 Å². The predicted molar refractivity (Wildman–Crippen MR) is 162 cm³/mol. The Morgan fingerprint density at radius 3 is 2.86 bits per heavy atom. The van der Waals surface area contributed by atoms with Crippen molar-refractivity contribution < 1.29 is 32.3 Å². The number of sulfonamides is 1. The van der Waals surface area contributed by atoms with Gasteiger partial charge in [-0.3, -0.25) is 10.1 Å². The zero-order valence-corrected chi connectivity index (χ0v) is 24.2. The lowest BCUT2D eigenvalue weighted by molar-refractivity contribution is -0.387. The van der Waals surface area contributed by atoms with E-state index in [1.807, 2.05) is 36.4 Å². The summed E-state index contributed by atoms with van der Waals surface area (Å²) in [6.07, 6.45) is 12.5. The number of hydrogen-bond donors (Lipinski definition) is 1. The first-order chi connectivity index (χ1) is 21.2. The molecular weight excluding hydrogens is 590 g/mol. The third-order valence-corrected chi connectivity index (χ3v) is 8.01. The van der Waals surface area contributed by atoms with Crippen molar-refractivity contribution in [1.82, 2.24) is 14.6 Å². The van der Waals surface area contributed by atoms with Crippen molar-refractivity contribution in [3.05, 3.63) is 112 Å². The van der Waals surface area contributed by atoms with Crippen LogP contribution in [0.3, 0.4) is 0 Å². The molecule has 1 aromatic heterocycles. The van der Waals surface area contributed by atoms with E-state index in [1.165, 1.54) is 30.3 Å². The number of carbonyl (C=O) groups is 1. The molecule has 226 valence electrons. The number of aromatic nitrogens is 1. The Labute approximate surface area is 252 Å². The van der Waals surface area contributed by atoms with Crippen molar-refractivity contribution in [3.63, 3.8) is 0 Å². The highest BCUT2D eigenvalue weighted by Gasteiger charge is 2.30. The lowest BCUT2D eigenvalue weighted by atomic mass is 10.1. The van der Waals surface area contributed by atoms with E-state index in [4.69, 9.17) is 14.2 Å². The number of nitro groups is 1. The third-order valence-electron chi connectivity index (χ3n) is 6.56. The van der Waals surface area contributed by atoms with Crippen LogP contribution < -0.4 is 9.46 Å². The topological polar surface area (TPSA) is 163 Å². The molecule has 1 atom stereocenters. The number of para-hydroxylation sites is 1. The number of nitrogens with one attached hydrogen (secondary N) is 1. The fourth-order valence-corrected chi connectivity index (χ4v) is 5.66. The fourth-order valence-electron chi connectivity index (χ4n) is 4.49. The van der Waals surface area contributed by atoms with Crippen LogP contribution in [0, 0.1) is 10.1 Å². The Bertz CT molecular complexity index is 1850. The molecule has 0 saturated heterocycles. The summed E-state index contributed by atoms with van der Waals surface area (Å²) in [4.78, 5) is 33.1. The third kappa shape index (κ3) is 6.99. The summed E-state index contributed by atoms with van der Waals surface area (Å²) in [6, 6.07) is 12.7. The van der Waals surface area contributed by atoms with Crippen molar-refractivity contribution in [2.24, 2.45) is 4.99 Å². The van der Waals surface area contributed by atoms with Crippen molar-refractivity contribution >= 4 is 44.9 Å². The first-order valence-electron chi connectivity index (χ1n) is 13.3. The quantitative estimate of drug-likeness (QED) is 0.245. The summed E-state index contributed by atoms with van der Waals surface area (Å²) >= 11 is 0. The number of hydrogen-bond acceptors (Lipinski definition) is 11. The molecule has 0 spiro atoms. The molecular formula is C30H27N5O8S. The Morgan fingerprint density at radius 2 is 2.05 bits per heavy atom. The van der Waals surface area contributed by atoms with Crippen LogP contribution in [0.2, 0.25) is 0 Å². The van der Waals surface area contributed by atoms with Gasteiger partial charge in [-0.05, 0) is 41.3 Å². The van der Waals surface area contributed by atoms with Gasteiger partial charge < -0.3 is 19.1 Å². The highest BCUT2D eigenvalue weighted by Crippen LogP contribution is 2.29. The molecule has 0 amide bonds. The second kappa shape index (κ2) is 13.3. The van der Waals surface area contributed by atoms with Crippen LogP contribution in [0.5, 0.6) is 5.88 Å². The predicted octanol–water partition coefficient (Wildman–Crippen LogP) is 3.71. The lowest BCUT2D eigenvalue weighted by Gasteiger charge is -2.19. The average Bonchev–Trinajstić information content (AvgIpc) is 3.42. The number of esters is 1. The molecule has 14 heteroatoms. The second-order valence-electron chi connectivity index (χ2n) is 9.47. The van der Waals surface area contributed by atoms with Gasteiger partial charge >= 0.3 is 5.97 Å². The molecule has 13 nitrogen and oxygen atoms in total. The number of benzene rings is 2. The van der Waals surface area contributed by atoms with Crippen LogP contribution in [0.1, 0.15) is 5.56 Å². The molecule has 0 aliphatic carbocycles. The Morgan fingerprint density at radius 1 is 1.20 bits per heavy atom. The first kappa shape index (κ1) is 30.1. The maximum atomic E-state index is 13.1. The van der Waals surface area contributed by atoms with E-state index < -0.39 is 44.1 Å². The Kier molecular flexibility index (Phi) is 9.12. The molecule has 0 unspecified atom stereocenters. The number of ether oxygens (including phenoxy) is 3. The Balaban J connectivity index is 1.49. The molecule has 3 aromatic rings. The van der Waals surface area contributed by atoms with Gasteiger partial charge in [0.1, 0.15) is 18.4 Å². The van der Waals surface area contributed by atoms with Gasteiger partial charge in [0.25, 0.3) is 5.69 Å². The minimum absolute atomic E-state index is 0.125. The average molecular weight is 618 g/mol. The molecule has 3 heterocycles. The van der Waals surface area contributed by atoms with E-state index in [1.54, 1.807) is 24.4 Å². The normalized spacial score (nSPS) is 16.8. The van der Waals surface area contributed by atoms with Crippen molar-refractivity contribution in [3.8, 4) is 5.88 Å². The first-order valence-corrected chi connectivity index (χ1v) is 14.8. The van der Waals surface area contributed by atoms with Crippen LogP contribution in [0.25, 0.3) is 16.8 Å². The van der Waals surface area contributed by atoms with Crippen molar-refractivity contribution in [2.45, 2.75) is 11.0 Å². The maximum Gasteiger partial charge on any atom is 0.354 e. The van der Waals surface area contributed by atoms with E-state index in [9.17, 15) is 23.3 Å². The molecule has 2 aromatic carbocycles. The summed E-state index contributed by atoms with van der Waals surface area (Å²) in [5, 5.41) is 13.1. The molecule has 1 N–H and O–H groups in total. The summed E-state index contributed by atoms with van der Waals surface area (Å²) in [5.41, 5.74) is 0.618. The van der Waals surface area contributed by atoms with E-state index >= 15 is 0 Å². The minimum Gasteiger partial charge on any atom is -0.479 e. The van der Waals surface area contributed by atoms with Gasteiger partial charge in [0.15, 0.2) is 11.3 Å². The summed E-state index contributed by atoms with van der Waals surface area (Å²) < 4.78 is 45.1. The molecule has 0 radical (unpaired) electrons. The zero-order chi connectivity index (χ0) is 31.1. The van der Waals surface area contributed by atoms with Gasteiger partial charge in [0.05, 0.1) is 30.8 Å². The highest BCUT2D eigenvalue weighted by atomic mass is 32.2. The van der Waals surface area contributed by atoms with Crippen molar-refractivity contribution in [1.29, 1.82) is 0 Å². The van der Waals surface area contributed by atoms with Gasteiger partial charge in [-0.1, -0.05) is 42.5 Å². The summed E-state index contributed by atoms with van der Waals surface area (Å²) in [6.45, 7) is -0.0830. The van der Waals surface area contributed by atoms with Crippen molar-refractivity contribution in [2.75, 3.05) is 26.8 Å². The number of carbonyl (C=O) groups excluding carboxylic acids is 1. The fraction of sp³-hybridized carbons (Fsp3) is 0.167. The number of fused-ring (bicyclic) bond motifs is 3. The smallest absolute Gasteiger partial charge is 0.354 e. The molecule has 5 rings (SSSR count). The molecule has 44 heavy (non-hydrogen) atoms. The highest BCUT2D eigenvalue weighted by molar-refractivity contribution is 7.89. The lowest BCUT2D eigenvalue weighted by Crippen LogP contribution is -2.29. The van der Waals surface area contributed by atoms with Gasteiger partial charge in [-0.15, -0.1) is 0 Å². The van der Waals surface area contributed by atoms with Crippen LogP contribution >= 0.6 is 0 Å². The SMILES string of the molecule is COC(=O)C1=C[C@H]2CN1C=C(CNS(=O)(=O)c1ccccc1[N+](=O)[O-])N=COCC=CC=Cc1ccc3ccnc(c3c1)O2. The van der Waals surface area contributed by atoms with Crippen LogP contribution in [-0.4, -0.2) is 68.5 Å².